The summed E-state index contributed by atoms with van der Waals surface area (Å²) < 4.78 is 0. The zero-order valence-corrected chi connectivity index (χ0v) is 18.5. The van der Waals surface area contributed by atoms with E-state index in [0.717, 1.165) is 37.1 Å². The quantitative estimate of drug-likeness (QED) is 0.306. The van der Waals surface area contributed by atoms with Crippen LogP contribution in [0.3, 0.4) is 0 Å². The van der Waals surface area contributed by atoms with Crippen LogP contribution in [0.2, 0.25) is 0 Å². The lowest BCUT2D eigenvalue weighted by Gasteiger charge is -2.25. The molecule has 2 rings (SSSR count). The first kappa shape index (κ1) is 22.7. The van der Waals surface area contributed by atoms with E-state index in [1.165, 1.54) is 12.8 Å². The summed E-state index contributed by atoms with van der Waals surface area (Å²) in [5.74, 6) is 0.763. The molecule has 0 heterocycles. The summed E-state index contributed by atoms with van der Waals surface area (Å²) in [5, 5.41) is 9.38. The fourth-order valence-corrected chi connectivity index (χ4v) is 2.79. The van der Waals surface area contributed by atoms with Gasteiger partial charge >= 0.3 is 0 Å². The van der Waals surface area contributed by atoms with Crippen LogP contribution in [0.15, 0.2) is 29.3 Å². The molecule has 146 valence electrons. The molecule has 0 radical (unpaired) electrons. The summed E-state index contributed by atoms with van der Waals surface area (Å²) in [6, 6.07) is 8.96. The first-order valence-electron chi connectivity index (χ1n) is 9.02. The monoisotopic (exact) mass is 473 g/mol. The van der Waals surface area contributed by atoms with Crippen LogP contribution in [0.1, 0.15) is 35.7 Å². The van der Waals surface area contributed by atoms with Crippen LogP contribution >= 0.6 is 24.0 Å². The Morgan fingerprint density at radius 3 is 2.69 bits per heavy atom. The molecule has 1 aliphatic carbocycles. The largest absolute Gasteiger partial charge is 0.356 e. The van der Waals surface area contributed by atoms with Gasteiger partial charge in [-0.1, -0.05) is 12.1 Å². The lowest BCUT2D eigenvalue weighted by Crippen LogP contribution is -2.45. The molecule has 1 saturated carbocycles. The second-order valence-corrected chi connectivity index (χ2v) is 6.66. The Morgan fingerprint density at radius 2 is 2.08 bits per heavy atom. The van der Waals surface area contributed by atoms with Crippen molar-refractivity contribution in [1.82, 2.24) is 20.9 Å². The normalized spacial score (nSPS) is 15.2. The molecule has 0 aromatic heterocycles. The van der Waals surface area contributed by atoms with Gasteiger partial charge in [0.1, 0.15) is 0 Å². The Bertz CT molecular complexity index is 603. The second-order valence-electron chi connectivity index (χ2n) is 6.66. The minimum Gasteiger partial charge on any atom is -0.356 e. The Kier molecular flexibility index (Phi) is 9.93. The van der Waals surface area contributed by atoms with Gasteiger partial charge in [0.05, 0.1) is 0 Å². The molecule has 0 bridgehead atoms. The third kappa shape index (κ3) is 7.11. The third-order valence-corrected chi connectivity index (χ3v) is 4.73. The van der Waals surface area contributed by atoms with Gasteiger partial charge in [0, 0.05) is 44.8 Å². The lowest BCUT2D eigenvalue weighted by molar-refractivity contribution is 0.0963. The number of aliphatic imine (C=N–C) groups is 1. The van der Waals surface area contributed by atoms with Crippen LogP contribution in [-0.2, 0) is 6.42 Å². The number of benzene rings is 1. The van der Waals surface area contributed by atoms with E-state index in [1.807, 2.05) is 24.3 Å². The summed E-state index contributed by atoms with van der Waals surface area (Å²) in [6.45, 7) is 3.88. The number of likely N-dealkylation sites (N-methyl/N-ethyl adjacent to an activating group) is 1. The summed E-state index contributed by atoms with van der Waals surface area (Å²) in [7, 11) is 5.63. The first-order valence-corrected chi connectivity index (χ1v) is 9.02. The summed E-state index contributed by atoms with van der Waals surface area (Å²) >= 11 is 0. The molecular weight excluding hydrogens is 441 g/mol. The van der Waals surface area contributed by atoms with Gasteiger partial charge in [-0.15, -0.1) is 24.0 Å². The molecule has 1 aromatic rings. The number of hydrogen-bond donors (Lipinski definition) is 3. The topological polar surface area (TPSA) is 68.8 Å². The molecule has 0 saturated heterocycles. The van der Waals surface area contributed by atoms with Crippen molar-refractivity contribution in [3.8, 4) is 0 Å². The second kappa shape index (κ2) is 11.4. The first-order chi connectivity index (χ1) is 12.0. The van der Waals surface area contributed by atoms with Crippen molar-refractivity contribution >= 4 is 35.8 Å². The average Bonchev–Trinajstić information content (AvgIpc) is 3.48. The van der Waals surface area contributed by atoms with E-state index in [-0.39, 0.29) is 29.9 Å². The molecule has 26 heavy (non-hydrogen) atoms. The van der Waals surface area contributed by atoms with Crippen LogP contribution < -0.4 is 16.0 Å². The molecule has 0 aliphatic heterocycles. The van der Waals surface area contributed by atoms with Crippen molar-refractivity contribution in [1.29, 1.82) is 0 Å². The highest BCUT2D eigenvalue weighted by molar-refractivity contribution is 14.0. The lowest BCUT2D eigenvalue weighted by atomic mass is 10.1. The van der Waals surface area contributed by atoms with Gasteiger partial charge in [0.2, 0.25) is 0 Å². The fourth-order valence-electron chi connectivity index (χ4n) is 2.79. The molecule has 7 heteroatoms. The number of guanidine groups is 1. The molecular formula is C19H32IN5O. The van der Waals surface area contributed by atoms with Crippen molar-refractivity contribution < 1.29 is 4.79 Å². The molecule has 6 nitrogen and oxygen atoms in total. The van der Waals surface area contributed by atoms with E-state index in [4.69, 9.17) is 0 Å². The zero-order valence-electron chi connectivity index (χ0n) is 16.2. The van der Waals surface area contributed by atoms with Gasteiger partial charge in [-0.3, -0.25) is 14.7 Å². The maximum atomic E-state index is 11.7. The number of nitrogens with zero attached hydrogens (tertiary/aromatic N) is 2. The minimum absolute atomic E-state index is 0. The van der Waals surface area contributed by atoms with Gasteiger partial charge in [-0.2, -0.15) is 0 Å². The van der Waals surface area contributed by atoms with Gasteiger partial charge in [-0.25, -0.2) is 0 Å². The fraction of sp³-hybridized carbons (Fsp3) is 0.579. The molecule has 1 aliphatic rings. The van der Waals surface area contributed by atoms with E-state index in [0.29, 0.717) is 11.6 Å². The summed E-state index contributed by atoms with van der Waals surface area (Å²) in [4.78, 5) is 18.4. The SMILES string of the molecule is CN=C(NCCc1cccc(C(=O)NC)c1)NCC(C)N(C)C1CC1.I. The number of rotatable bonds is 8. The summed E-state index contributed by atoms with van der Waals surface area (Å²) in [6.07, 6.45) is 3.48. The van der Waals surface area contributed by atoms with E-state index < -0.39 is 0 Å². The van der Waals surface area contributed by atoms with Crippen molar-refractivity contribution in [2.75, 3.05) is 34.2 Å². The molecule has 1 fully saturated rings. The van der Waals surface area contributed by atoms with Gasteiger partial charge in [-0.05, 0) is 50.9 Å². The molecule has 1 atom stereocenters. The van der Waals surface area contributed by atoms with E-state index in [2.05, 4.69) is 39.8 Å². The van der Waals surface area contributed by atoms with E-state index in [9.17, 15) is 4.79 Å². The van der Waals surface area contributed by atoms with Crippen LogP contribution in [0.4, 0.5) is 0 Å². The third-order valence-electron chi connectivity index (χ3n) is 4.73. The number of carbonyl (C=O) groups is 1. The van der Waals surface area contributed by atoms with Crippen molar-refractivity contribution in [3.05, 3.63) is 35.4 Å². The van der Waals surface area contributed by atoms with Gasteiger partial charge < -0.3 is 16.0 Å². The highest BCUT2D eigenvalue weighted by Gasteiger charge is 2.28. The van der Waals surface area contributed by atoms with E-state index in [1.54, 1.807) is 14.1 Å². The highest BCUT2D eigenvalue weighted by atomic mass is 127. The predicted molar refractivity (Wildman–Crippen MR) is 119 cm³/mol. The Hall–Kier alpha value is -1.35. The number of amides is 1. The zero-order chi connectivity index (χ0) is 18.2. The molecule has 1 amide bonds. The molecule has 3 N–H and O–H groups in total. The molecule has 0 spiro atoms. The van der Waals surface area contributed by atoms with Crippen LogP contribution in [0.5, 0.6) is 0 Å². The van der Waals surface area contributed by atoms with E-state index >= 15 is 0 Å². The summed E-state index contributed by atoms with van der Waals surface area (Å²) in [5.41, 5.74) is 1.82. The van der Waals surface area contributed by atoms with Gasteiger partial charge in [0.15, 0.2) is 5.96 Å². The van der Waals surface area contributed by atoms with Gasteiger partial charge in [0.25, 0.3) is 5.91 Å². The Balaban J connectivity index is 0.00000338. The number of hydrogen-bond acceptors (Lipinski definition) is 3. The number of halogens is 1. The molecule has 1 aromatic carbocycles. The maximum Gasteiger partial charge on any atom is 0.251 e. The van der Waals surface area contributed by atoms with Crippen LogP contribution in [0, 0.1) is 0 Å². The maximum absolute atomic E-state index is 11.7. The van der Waals surface area contributed by atoms with Crippen LogP contribution in [-0.4, -0.2) is 63.1 Å². The molecule has 1 unspecified atom stereocenters. The van der Waals surface area contributed by atoms with Crippen molar-refractivity contribution in [2.45, 2.75) is 38.3 Å². The Labute approximate surface area is 174 Å². The number of carbonyl (C=O) groups excluding carboxylic acids is 1. The van der Waals surface area contributed by atoms with Crippen LogP contribution in [0.25, 0.3) is 0 Å². The standard InChI is InChI=1S/C19H31N5O.HI/c1-14(24(4)17-8-9-17)13-23-19(21-3)22-11-10-15-6-5-7-16(12-15)18(25)20-2;/h5-7,12,14,17H,8-11,13H2,1-4H3,(H,20,25)(H2,21,22,23);1H. The Morgan fingerprint density at radius 1 is 1.35 bits per heavy atom. The van der Waals surface area contributed by atoms with Crippen molar-refractivity contribution in [2.24, 2.45) is 4.99 Å². The highest BCUT2D eigenvalue weighted by Crippen LogP contribution is 2.26. The van der Waals surface area contributed by atoms with Crippen molar-refractivity contribution in [3.63, 3.8) is 0 Å². The predicted octanol–water partition coefficient (Wildman–Crippen LogP) is 1.85. The smallest absolute Gasteiger partial charge is 0.251 e. The minimum atomic E-state index is -0.0546. The number of nitrogens with one attached hydrogen (secondary N) is 3. The average molecular weight is 473 g/mol.